The molecule has 0 aliphatic heterocycles. The summed E-state index contributed by atoms with van der Waals surface area (Å²) >= 11 is 2.83. The molecule has 2 aromatic heterocycles. The fourth-order valence-corrected chi connectivity index (χ4v) is 5.58. The first-order valence-electron chi connectivity index (χ1n) is 11.0. The highest BCUT2D eigenvalue weighted by molar-refractivity contribution is 7.99. The van der Waals surface area contributed by atoms with Gasteiger partial charge in [-0.05, 0) is 29.7 Å². The normalized spacial score (nSPS) is 11.5. The van der Waals surface area contributed by atoms with Gasteiger partial charge in [0.1, 0.15) is 17.1 Å². The zero-order valence-electron chi connectivity index (χ0n) is 18.7. The van der Waals surface area contributed by atoms with Crippen molar-refractivity contribution in [3.05, 3.63) is 66.0 Å². The lowest BCUT2D eigenvalue weighted by atomic mass is 10.0. The zero-order valence-corrected chi connectivity index (χ0v) is 20.3. The summed E-state index contributed by atoms with van der Waals surface area (Å²) in [4.78, 5) is 21.7. The number of rotatable bonds is 7. The van der Waals surface area contributed by atoms with E-state index in [1.54, 1.807) is 7.11 Å². The molecule has 1 N–H and O–H groups in total. The number of ether oxygens (including phenoxy) is 1. The van der Waals surface area contributed by atoms with Gasteiger partial charge in [-0.3, -0.25) is 4.79 Å². The average Bonchev–Trinajstić information content (AvgIpc) is 3.48. The van der Waals surface area contributed by atoms with Gasteiger partial charge in [-0.25, -0.2) is 9.97 Å². The van der Waals surface area contributed by atoms with E-state index in [2.05, 4.69) is 44.8 Å². The van der Waals surface area contributed by atoms with E-state index >= 15 is 0 Å². The number of fused-ring (bicyclic) bond motifs is 3. The van der Waals surface area contributed by atoms with E-state index in [0.717, 1.165) is 39.5 Å². The molecule has 0 unspecified atom stereocenters. The van der Waals surface area contributed by atoms with E-state index in [9.17, 15) is 4.79 Å². The standard InChI is InChI=1S/C26H19N5O2S2/c1-33-17-10-8-15(9-11-17)20-14-35-25(27-20)28-21(32)12-13-34-26-29-23-18-6-2-4-16-5-3-7-19(22(16)18)24(23)30-31-26/h2-11,14H,12-13H2,1H3,(H,27,28,32). The summed E-state index contributed by atoms with van der Waals surface area (Å²) in [5, 5.41) is 17.0. The van der Waals surface area contributed by atoms with Crippen molar-refractivity contribution in [3.63, 3.8) is 0 Å². The largest absolute Gasteiger partial charge is 0.497 e. The van der Waals surface area contributed by atoms with Gasteiger partial charge in [0.15, 0.2) is 5.13 Å². The van der Waals surface area contributed by atoms with Crippen molar-refractivity contribution in [2.75, 3.05) is 18.2 Å². The van der Waals surface area contributed by atoms with Gasteiger partial charge in [0.25, 0.3) is 0 Å². The van der Waals surface area contributed by atoms with E-state index < -0.39 is 0 Å². The topological polar surface area (TPSA) is 89.9 Å². The molecule has 0 fully saturated rings. The van der Waals surface area contributed by atoms with E-state index in [1.165, 1.54) is 33.9 Å². The van der Waals surface area contributed by atoms with Crippen LogP contribution in [-0.4, -0.2) is 38.9 Å². The number of hydrogen-bond acceptors (Lipinski definition) is 8. The Labute approximate surface area is 209 Å². The average molecular weight is 498 g/mol. The highest BCUT2D eigenvalue weighted by atomic mass is 32.2. The van der Waals surface area contributed by atoms with Crippen molar-refractivity contribution < 1.29 is 9.53 Å². The molecule has 0 saturated carbocycles. The minimum absolute atomic E-state index is 0.0978. The molecule has 35 heavy (non-hydrogen) atoms. The second-order valence-corrected chi connectivity index (χ2v) is 9.83. The van der Waals surface area contributed by atoms with Crippen molar-refractivity contribution in [3.8, 4) is 39.5 Å². The minimum atomic E-state index is -0.0978. The van der Waals surface area contributed by atoms with Crippen LogP contribution in [0.25, 0.3) is 44.5 Å². The summed E-state index contributed by atoms with van der Waals surface area (Å²) < 4.78 is 5.19. The third kappa shape index (κ3) is 4.13. The number of nitrogens with zero attached hydrogens (tertiary/aromatic N) is 4. The van der Waals surface area contributed by atoms with Crippen LogP contribution in [0, 0.1) is 0 Å². The number of carbonyl (C=O) groups excluding carboxylic acids is 1. The van der Waals surface area contributed by atoms with Crippen LogP contribution in [0.3, 0.4) is 0 Å². The smallest absolute Gasteiger partial charge is 0.226 e. The minimum Gasteiger partial charge on any atom is -0.497 e. The van der Waals surface area contributed by atoms with Crippen molar-refractivity contribution >= 4 is 44.9 Å². The molecule has 1 amide bonds. The van der Waals surface area contributed by atoms with Gasteiger partial charge < -0.3 is 10.1 Å². The molecule has 1 aliphatic rings. The second kappa shape index (κ2) is 9.09. The first-order chi connectivity index (χ1) is 17.2. The Balaban J connectivity index is 1.08. The molecule has 172 valence electrons. The molecule has 0 radical (unpaired) electrons. The van der Waals surface area contributed by atoms with Gasteiger partial charge in [0, 0.05) is 39.6 Å². The van der Waals surface area contributed by atoms with Crippen LogP contribution in [-0.2, 0) is 4.79 Å². The summed E-state index contributed by atoms with van der Waals surface area (Å²) in [6.45, 7) is 0. The lowest BCUT2D eigenvalue weighted by Gasteiger charge is -2.04. The molecule has 0 bridgehead atoms. The van der Waals surface area contributed by atoms with Gasteiger partial charge in [0.05, 0.1) is 12.8 Å². The van der Waals surface area contributed by atoms with E-state index in [0.29, 0.717) is 22.5 Å². The van der Waals surface area contributed by atoms with Crippen LogP contribution in [0.2, 0.25) is 0 Å². The molecule has 1 aliphatic carbocycles. The van der Waals surface area contributed by atoms with Crippen LogP contribution in [0.1, 0.15) is 6.42 Å². The monoisotopic (exact) mass is 497 g/mol. The number of methoxy groups -OCH3 is 1. The molecule has 0 spiro atoms. The zero-order chi connectivity index (χ0) is 23.8. The Morgan fingerprint density at radius 3 is 2.51 bits per heavy atom. The van der Waals surface area contributed by atoms with Gasteiger partial charge in [0.2, 0.25) is 11.1 Å². The second-order valence-electron chi connectivity index (χ2n) is 7.91. The molecule has 9 heteroatoms. The van der Waals surface area contributed by atoms with Crippen molar-refractivity contribution in [1.82, 2.24) is 20.2 Å². The molecule has 5 aromatic rings. The SMILES string of the molecule is COc1ccc(-c2csc(NC(=O)CCSc3nnc4c(n3)-c3cccc5cccc-4c35)n2)cc1. The molecule has 3 aromatic carbocycles. The molecule has 0 atom stereocenters. The highest BCUT2D eigenvalue weighted by Gasteiger charge is 2.24. The van der Waals surface area contributed by atoms with Crippen LogP contribution < -0.4 is 10.1 Å². The molecular weight excluding hydrogens is 478 g/mol. The van der Waals surface area contributed by atoms with Crippen LogP contribution in [0.15, 0.2) is 71.2 Å². The Hall–Kier alpha value is -3.82. The maximum absolute atomic E-state index is 12.5. The first-order valence-corrected chi connectivity index (χ1v) is 12.9. The summed E-state index contributed by atoms with van der Waals surface area (Å²) in [6, 6.07) is 20.1. The number of thiazole rings is 1. The number of benzene rings is 3. The van der Waals surface area contributed by atoms with Gasteiger partial charge in [-0.15, -0.1) is 21.5 Å². The third-order valence-electron chi connectivity index (χ3n) is 5.78. The predicted octanol–water partition coefficient (Wildman–Crippen LogP) is 5.93. The number of aromatic nitrogens is 4. The Kier molecular flexibility index (Phi) is 5.63. The lowest BCUT2D eigenvalue weighted by Crippen LogP contribution is -2.12. The van der Waals surface area contributed by atoms with Gasteiger partial charge in [-0.2, -0.15) is 0 Å². The van der Waals surface area contributed by atoms with Crippen LogP contribution in [0.5, 0.6) is 5.75 Å². The molecule has 2 heterocycles. The fraction of sp³-hybridized carbons (Fsp3) is 0.115. The first kappa shape index (κ1) is 21.7. The summed E-state index contributed by atoms with van der Waals surface area (Å²) in [5.74, 6) is 1.23. The summed E-state index contributed by atoms with van der Waals surface area (Å²) in [5.41, 5.74) is 5.61. The van der Waals surface area contributed by atoms with Crippen molar-refractivity contribution in [2.45, 2.75) is 11.6 Å². The van der Waals surface area contributed by atoms with Gasteiger partial charge >= 0.3 is 0 Å². The Morgan fingerprint density at radius 2 is 1.74 bits per heavy atom. The Morgan fingerprint density at radius 1 is 0.971 bits per heavy atom. The highest BCUT2D eigenvalue weighted by Crippen LogP contribution is 2.44. The quantitative estimate of drug-likeness (QED) is 0.274. The fourth-order valence-electron chi connectivity index (χ4n) is 4.12. The molecule has 7 nitrogen and oxygen atoms in total. The van der Waals surface area contributed by atoms with E-state index in [-0.39, 0.29) is 5.91 Å². The van der Waals surface area contributed by atoms with E-state index in [1.807, 2.05) is 41.8 Å². The maximum atomic E-state index is 12.5. The maximum Gasteiger partial charge on any atom is 0.226 e. The summed E-state index contributed by atoms with van der Waals surface area (Å²) in [6.07, 6.45) is 0.318. The van der Waals surface area contributed by atoms with Crippen molar-refractivity contribution in [2.24, 2.45) is 0 Å². The molecular formula is C26H19N5O2S2. The number of amides is 1. The number of anilines is 1. The van der Waals surface area contributed by atoms with Gasteiger partial charge in [-0.1, -0.05) is 48.2 Å². The molecule has 6 rings (SSSR count). The third-order valence-corrected chi connectivity index (χ3v) is 7.38. The van der Waals surface area contributed by atoms with E-state index in [4.69, 9.17) is 9.72 Å². The Bertz CT molecular complexity index is 1560. The number of hydrogen-bond donors (Lipinski definition) is 1. The number of thioether (sulfide) groups is 1. The summed E-state index contributed by atoms with van der Waals surface area (Å²) in [7, 11) is 1.64. The number of carbonyl (C=O) groups is 1. The predicted molar refractivity (Wildman–Crippen MR) is 140 cm³/mol. The van der Waals surface area contributed by atoms with Crippen LogP contribution >= 0.6 is 23.1 Å². The lowest BCUT2D eigenvalue weighted by molar-refractivity contribution is -0.115. The van der Waals surface area contributed by atoms with Crippen molar-refractivity contribution in [1.29, 1.82) is 0 Å². The molecule has 0 saturated heterocycles. The number of nitrogens with one attached hydrogen (secondary N) is 1. The van der Waals surface area contributed by atoms with Crippen LogP contribution in [0.4, 0.5) is 5.13 Å².